The Bertz CT molecular complexity index is 974. The van der Waals surface area contributed by atoms with Crippen molar-refractivity contribution < 1.29 is 13.2 Å². The Balaban J connectivity index is 1.68. The van der Waals surface area contributed by atoms with Crippen LogP contribution in [0.15, 0.2) is 30.9 Å². The van der Waals surface area contributed by atoms with E-state index in [1.165, 1.54) is 24.1 Å². The number of sulfone groups is 1. The standard InChI is InChI=1S/C20H24N2O3S/c1-2-10-22(15-9-11-26(24,25)13-15)20(23)14-7-8-19-17(12-14)16-5-3-4-6-18(16)21-19/h2,7-8,12,15,21H,1,3-6,9-11,13H2. The number of aryl methyl sites for hydroxylation is 2. The van der Waals surface area contributed by atoms with Gasteiger partial charge in [-0.3, -0.25) is 4.79 Å². The second kappa shape index (κ2) is 6.58. The lowest BCUT2D eigenvalue weighted by molar-refractivity contribution is 0.0721. The van der Waals surface area contributed by atoms with E-state index in [1.807, 2.05) is 18.2 Å². The number of nitrogens with one attached hydrogen (secondary N) is 1. The summed E-state index contributed by atoms with van der Waals surface area (Å²) in [6.45, 7) is 4.10. The Morgan fingerprint density at radius 1 is 1.31 bits per heavy atom. The van der Waals surface area contributed by atoms with Crippen LogP contribution in [0.5, 0.6) is 0 Å². The van der Waals surface area contributed by atoms with E-state index in [0.29, 0.717) is 18.5 Å². The number of aromatic amines is 1. The van der Waals surface area contributed by atoms with Gasteiger partial charge in [-0.25, -0.2) is 8.42 Å². The molecule has 138 valence electrons. The van der Waals surface area contributed by atoms with E-state index >= 15 is 0 Å². The molecule has 1 amide bonds. The third-order valence-electron chi connectivity index (χ3n) is 5.58. The van der Waals surface area contributed by atoms with E-state index in [9.17, 15) is 13.2 Å². The maximum Gasteiger partial charge on any atom is 0.254 e. The molecular weight excluding hydrogens is 348 g/mol. The molecule has 0 spiro atoms. The molecule has 1 fully saturated rings. The molecule has 5 nitrogen and oxygen atoms in total. The summed E-state index contributed by atoms with van der Waals surface area (Å²) in [5.41, 5.74) is 4.32. The van der Waals surface area contributed by atoms with Crippen molar-refractivity contribution in [3.8, 4) is 0 Å². The molecule has 0 saturated carbocycles. The number of rotatable bonds is 4. The molecular formula is C20H24N2O3S. The van der Waals surface area contributed by atoms with Crippen LogP contribution in [-0.4, -0.2) is 48.3 Å². The van der Waals surface area contributed by atoms with Crippen molar-refractivity contribution in [3.05, 3.63) is 47.7 Å². The second-order valence-corrected chi connectivity index (χ2v) is 9.58. The normalized spacial score (nSPS) is 21.5. The number of amides is 1. The summed E-state index contributed by atoms with van der Waals surface area (Å²) in [5.74, 6) is 0.0942. The lowest BCUT2D eigenvalue weighted by atomic mass is 9.95. The highest BCUT2D eigenvalue weighted by Crippen LogP contribution is 2.30. The van der Waals surface area contributed by atoms with Crippen LogP contribution in [0.1, 0.15) is 40.9 Å². The van der Waals surface area contributed by atoms with Crippen molar-refractivity contribution in [2.45, 2.75) is 38.1 Å². The van der Waals surface area contributed by atoms with Crippen LogP contribution in [0.2, 0.25) is 0 Å². The highest BCUT2D eigenvalue weighted by atomic mass is 32.2. The van der Waals surface area contributed by atoms with Gasteiger partial charge >= 0.3 is 0 Å². The molecule has 1 N–H and O–H groups in total. The predicted molar refractivity (Wildman–Crippen MR) is 103 cm³/mol. The lowest BCUT2D eigenvalue weighted by Gasteiger charge is -2.27. The number of nitrogens with zero attached hydrogens (tertiary/aromatic N) is 1. The average Bonchev–Trinajstić information content (AvgIpc) is 3.18. The quantitative estimate of drug-likeness (QED) is 0.839. The van der Waals surface area contributed by atoms with Crippen molar-refractivity contribution in [1.29, 1.82) is 0 Å². The average molecular weight is 372 g/mol. The van der Waals surface area contributed by atoms with Gasteiger partial charge in [0.2, 0.25) is 0 Å². The van der Waals surface area contributed by atoms with Crippen molar-refractivity contribution in [2.75, 3.05) is 18.1 Å². The molecule has 1 aliphatic carbocycles. The van der Waals surface area contributed by atoms with E-state index in [2.05, 4.69) is 11.6 Å². The van der Waals surface area contributed by atoms with Crippen LogP contribution >= 0.6 is 0 Å². The minimum absolute atomic E-state index is 0.0500. The molecule has 4 rings (SSSR count). The predicted octanol–water partition coefficient (Wildman–Crippen LogP) is 2.86. The molecule has 1 aromatic carbocycles. The van der Waals surface area contributed by atoms with Crippen LogP contribution in [0.3, 0.4) is 0 Å². The van der Waals surface area contributed by atoms with Crippen LogP contribution in [0, 0.1) is 0 Å². The summed E-state index contributed by atoms with van der Waals surface area (Å²) in [6.07, 6.45) is 6.67. The van der Waals surface area contributed by atoms with Crippen molar-refractivity contribution in [1.82, 2.24) is 9.88 Å². The van der Waals surface area contributed by atoms with Crippen LogP contribution in [-0.2, 0) is 22.7 Å². The zero-order valence-corrected chi connectivity index (χ0v) is 15.6. The zero-order chi connectivity index (χ0) is 18.3. The number of aromatic nitrogens is 1. The van der Waals surface area contributed by atoms with Crippen molar-refractivity contribution in [3.63, 3.8) is 0 Å². The molecule has 2 heterocycles. The number of hydrogen-bond donors (Lipinski definition) is 1. The Labute approximate surface area is 154 Å². The summed E-state index contributed by atoms with van der Waals surface area (Å²) in [7, 11) is -3.05. The molecule has 1 atom stereocenters. The van der Waals surface area contributed by atoms with Gasteiger partial charge in [0.25, 0.3) is 5.91 Å². The number of hydrogen-bond acceptors (Lipinski definition) is 3. The van der Waals surface area contributed by atoms with E-state index in [4.69, 9.17) is 0 Å². The third kappa shape index (κ3) is 3.07. The molecule has 0 radical (unpaired) electrons. The van der Waals surface area contributed by atoms with Gasteiger partial charge in [-0.05, 0) is 55.9 Å². The van der Waals surface area contributed by atoms with Gasteiger partial charge in [-0.2, -0.15) is 0 Å². The topological polar surface area (TPSA) is 70.2 Å². The van der Waals surface area contributed by atoms with Gasteiger partial charge in [0.05, 0.1) is 11.5 Å². The molecule has 1 aromatic heterocycles. The highest BCUT2D eigenvalue weighted by molar-refractivity contribution is 7.91. The Morgan fingerprint density at radius 2 is 2.12 bits per heavy atom. The first-order chi connectivity index (χ1) is 12.5. The zero-order valence-electron chi connectivity index (χ0n) is 14.8. The number of carbonyl (C=O) groups excluding carboxylic acids is 1. The van der Waals surface area contributed by atoms with Gasteiger partial charge in [0.15, 0.2) is 9.84 Å². The Morgan fingerprint density at radius 3 is 2.85 bits per heavy atom. The molecule has 2 aliphatic rings. The molecule has 26 heavy (non-hydrogen) atoms. The Hall–Kier alpha value is -2.08. The number of fused-ring (bicyclic) bond motifs is 3. The third-order valence-corrected chi connectivity index (χ3v) is 7.33. The fourth-order valence-electron chi connectivity index (χ4n) is 4.26. The fraction of sp³-hybridized carbons (Fsp3) is 0.450. The first-order valence-corrected chi connectivity index (χ1v) is 11.1. The van der Waals surface area contributed by atoms with Gasteiger partial charge < -0.3 is 9.88 Å². The summed E-state index contributed by atoms with van der Waals surface area (Å²) in [6, 6.07) is 5.52. The van der Waals surface area contributed by atoms with E-state index < -0.39 is 9.84 Å². The van der Waals surface area contributed by atoms with E-state index in [1.54, 1.807) is 11.0 Å². The summed E-state index contributed by atoms with van der Waals surface area (Å²) < 4.78 is 23.7. The molecule has 0 bridgehead atoms. The van der Waals surface area contributed by atoms with Crippen molar-refractivity contribution in [2.24, 2.45) is 0 Å². The van der Waals surface area contributed by atoms with E-state index in [0.717, 1.165) is 23.7 Å². The van der Waals surface area contributed by atoms with Gasteiger partial charge in [-0.15, -0.1) is 6.58 Å². The summed E-state index contributed by atoms with van der Waals surface area (Å²) >= 11 is 0. The SMILES string of the molecule is C=CCN(C(=O)c1ccc2[nH]c3c(c2c1)CCCC3)C1CCS(=O)(=O)C1. The maximum absolute atomic E-state index is 13.1. The largest absolute Gasteiger partial charge is 0.358 e. The first kappa shape index (κ1) is 17.3. The highest BCUT2D eigenvalue weighted by Gasteiger charge is 2.34. The molecule has 2 aromatic rings. The van der Waals surface area contributed by atoms with Crippen LogP contribution < -0.4 is 0 Å². The minimum Gasteiger partial charge on any atom is -0.358 e. The van der Waals surface area contributed by atoms with Crippen LogP contribution in [0.25, 0.3) is 10.9 Å². The molecule has 1 unspecified atom stereocenters. The number of benzene rings is 1. The van der Waals surface area contributed by atoms with E-state index in [-0.39, 0.29) is 23.5 Å². The number of H-pyrrole nitrogens is 1. The van der Waals surface area contributed by atoms with Gasteiger partial charge in [0.1, 0.15) is 0 Å². The lowest BCUT2D eigenvalue weighted by Crippen LogP contribution is -2.41. The monoisotopic (exact) mass is 372 g/mol. The number of carbonyl (C=O) groups is 1. The first-order valence-electron chi connectivity index (χ1n) is 9.24. The second-order valence-electron chi connectivity index (χ2n) is 7.35. The summed E-state index contributed by atoms with van der Waals surface area (Å²) in [5, 5.41) is 1.13. The van der Waals surface area contributed by atoms with Gasteiger partial charge in [0, 0.05) is 34.7 Å². The van der Waals surface area contributed by atoms with Gasteiger partial charge in [-0.1, -0.05) is 6.08 Å². The van der Waals surface area contributed by atoms with Crippen LogP contribution in [0.4, 0.5) is 0 Å². The van der Waals surface area contributed by atoms with Crippen molar-refractivity contribution >= 4 is 26.6 Å². The minimum atomic E-state index is -3.05. The Kier molecular flexibility index (Phi) is 4.39. The smallest absolute Gasteiger partial charge is 0.254 e. The molecule has 1 saturated heterocycles. The summed E-state index contributed by atoms with van der Waals surface area (Å²) in [4.78, 5) is 18.3. The fourth-order valence-corrected chi connectivity index (χ4v) is 5.99. The molecule has 1 aliphatic heterocycles. The molecule has 6 heteroatoms. The maximum atomic E-state index is 13.1.